The van der Waals surface area contributed by atoms with E-state index in [1.165, 1.54) is 12.8 Å². The summed E-state index contributed by atoms with van der Waals surface area (Å²) < 4.78 is 0. The Morgan fingerprint density at radius 2 is 2.35 bits per heavy atom. The molecule has 0 saturated heterocycles. The summed E-state index contributed by atoms with van der Waals surface area (Å²) in [5.41, 5.74) is 0.996. The Morgan fingerprint density at radius 1 is 1.53 bits per heavy atom. The molecule has 0 aromatic carbocycles. The average Bonchev–Trinajstić information content (AvgIpc) is 2.29. The molecule has 1 saturated carbocycles. The summed E-state index contributed by atoms with van der Waals surface area (Å²) in [7, 11) is 0. The molecule has 2 atom stereocenters. The van der Waals surface area contributed by atoms with Gasteiger partial charge >= 0.3 is 0 Å². The van der Waals surface area contributed by atoms with Crippen LogP contribution in [0.15, 0.2) is 12.4 Å². The maximum absolute atomic E-state index is 6.19. The standard InChI is InChI=1S/C13H20ClN3/c1-10-4-3-5-13(7-10,8-14)17-12-6-11(2)15-9-16-12/h6,9-10H,3-5,7-8H2,1-2H3,(H,15,16,17). The van der Waals surface area contributed by atoms with Crippen molar-refractivity contribution in [2.75, 3.05) is 11.2 Å². The van der Waals surface area contributed by atoms with Gasteiger partial charge in [0.05, 0.1) is 5.54 Å². The highest BCUT2D eigenvalue weighted by Crippen LogP contribution is 2.35. The molecule has 2 unspecified atom stereocenters. The minimum Gasteiger partial charge on any atom is -0.363 e. The highest BCUT2D eigenvalue weighted by atomic mass is 35.5. The van der Waals surface area contributed by atoms with Gasteiger partial charge in [-0.25, -0.2) is 9.97 Å². The van der Waals surface area contributed by atoms with E-state index in [4.69, 9.17) is 11.6 Å². The number of hydrogen-bond donors (Lipinski definition) is 1. The fraction of sp³-hybridized carbons (Fsp3) is 0.692. The Morgan fingerprint density at radius 3 is 3.00 bits per heavy atom. The zero-order valence-electron chi connectivity index (χ0n) is 10.5. The van der Waals surface area contributed by atoms with Crippen LogP contribution in [-0.2, 0) is 0 Å². The van der Waals surface area contributed by atoms with Gasteiger partial charge in [-0.2, -0.15) is 0 Å². The van der Waals surface area contributed by atoms with E-state index in [0.717, 1.165) is 30.3 Å². The van der Waals surface area contributed by atoms with Crippen LogP contribution in [0.3, 0.4) is 0 Å². The van der Waals surface area contributed by atoms with E-state index in [0.29, 0.717) is 5.88 Å². The fourth-order valence-corrected chi connectivity index (χ4v) is 3.03. The van der Waals surface area contributed by atoms with Crippen molar-refractivity contribution in [1.29, 1.82) is 0 Å². The van der Waals surface area contributed by atoms with Crippen molar-refractivity contribution >= 4 is 17.4 Å². The molecule has 1 aromatic heterocycles. The number of alkyl halides is 1. The van der Waals surface area contributed by atoms with Gasteiger partial charge in [-0.05, 0) is 25.7 Å². The molecule has 0 radical (unpaired) electrons. The van der Waals surface area contributed by atoms with Crippen LogP contribution in [0.2, 0.25) is 0 Å². The van der Waals surface area contributed by atoms with Crippen LogP contribution in [0.25, 0.3) is 0 Å². The fourth-order valence-electron chi connectivity index (χ4n) is 2.72. The number of hydrogen-bond acceptors (Lipinski definition) is 3. The number of halogens is 1. The van der Waals surface area contributed by atoms with E-state index in [9.17, 15) is 0 Å². The van der Waals surface area contributed by atoms with Crippen molar-refractivity contribution in [3.8, 4) is 0 Å². The third-order valence-corrected chi connectivity index (χ3v) is 4.06. The van der Waals surface area contributed by atoms with E-state index >= 15 is 0 Å². The lowest BCUT2D eigenvalue weighted by Gasteiger charge is -2.39. The van der Waals surface area contributed by atoms with Gasteiger partial charge in [0.25, 0.3) is 0 Å². The SMILES string of the molecule is Cc1cc(NC2(CCl)CCCC(C)C2)ncn1. The van der Waals surface area contributed by atoms with E-state index < -0.39 is 0 Å². The summed E-state index contributed by atoms with van der Waals surface area (Å²) in [5.74, 6) is 2.27. The quantitative estimate of drug-likeness (QED) is 0.840. The molecule has 2 rings (SSSR count). The Balaban J connectivity index is 2.13. The molecule has 1 aliphatic rings. The van der Waals surface area contributed by atoms with Crippen LogP contribution in [0.5, 0.6) is 0 Å². The van der Waals surface area contributed by atoms with Crippen molar-refractivity contribution in [3.05, 3.63) is 18.1 Å². The summed E-state index contributed by atoms with van der Waals surface area (Å²) in [5, 5.41) is 3.53. The molecule has 1 N–H and O–H groups in total. The largest absolute Gasteiger partial charge is 0.363 e. The van der Waals surface area contributed by atoms with Crippen molar-refractivity contribution in [3.63, 3.8) is 0 Å². The summed E-state index contributed by atoms with van der Waals surface area (Å²) in [4.78, 5) is 8.38. The van der Waals surface area contributed by atoms with E-state index in [1.807, 2.05) is 13.0 Å². The Kier molecular flexibility index (Phi) is 3.87. The predicted molar refractivity (Wildman–Crippen MR) is 71.5 cm³/mol. The maximum atomic E-state index is 6.19. The van der Waals surface area contributed by atoms with Gasteiger partial charge in [0.2, 0.25) is 0 Å². The highest BCUT2D eigenvalue weighted by Gasteiger charge is 2.34. The van der Waals surface area contributed by atoms with Gasteiger partial charge in [0.1, 0.15) is 12.1 Å². The smallest absolute Gasteiger partial charge is 0.130 e. The average molecular weight is 254 g/mol. The molecule has 1 aromatic rings. The Labute approximate surface area is 108 Å². The minimum absolute atomic E-state index is 0.0139. The number of anilines is 1. The van der Waals surface area contributed by atoms with Crippen molar-refractivity contribution in [2.45, 2.75) is 45.1 Å². The van der Waals surface area contributed by atoms with Gasteiger partial charge in [-0.3, -0.25) is 0 Å². The summed E-state index contributed by atoms with van der Waals surface area (Å²) in [6.45, 7) is 4.27. The highest BCUT2D eigenvalue weighted by molar-refractivity contribution is 6.18. The van der Waals surface area contributed by atoms with Crippen LogP contribution >= 0.6 is 11.6 Å². The third-order valence-electron chi connectivity index (χ3n) is 3.54. The molecule has 3 nitrogen and oxygen atoms in total. The molecule has 1 heterocycles. The molecule has 0 bridgehead atoms. The first-order valence-electron chi connectivity index (χ1n) is 6.26. The number of aryl methyl sites for hydroxylation is 1. The van der Waals surface area contributed by atoms with Gasteiger partial charge in [-0.15, -0.1) is 11.6 Å². The van der Waals surface area contributed by atoms with Crippen molar-refractivity contribution < 1.29 is 0 Å². The molecular weight excluding hydrogens is 234 g/mol. The normalized spacial score (nSPS) is 29.0. The number of nitrogens with one attached hydrogen (secondary N) is 1. The zero-order valence-corrected chi connectivity index (χ0v) is 11.3. The second-order valence-electron chi connectivity index (χ2n) is 5.29. The third kappa shape index (κ3) is 3.09. The van der Waals surface area contributed by atoms with Gasteiger partial charge in [0, 0.05) is 17.6 Å². The molecule has 0 amide bonds. The number of nitrogens with zero attached hydrogens (tertiary/aromatic N) is 2. The summed E-state index contributed by atoms with van der Waals surface area (Å²) >= 11 is 6.19. The van der Waals surface area contributed by atoms with E-state index in [2.05, 4.69) is 22.2 Å². The lowest BCUT2D eigenvalue weighted by Crippen LogP contribution is -2.44. The second-order valence-corrected chi connectivity index (χ2v) is 5.55. The monoisotopic (exact) mass is 253 g/mol. The van der Waals surface area contributed by atoms with E-state index in [-0.39, 0.29) is 5.54 Å². The van der Waals surface area contributed by atoms with Crippen LogP contribution in [0, 0.1) is 12.8 Å². The lowest BCUT2D eigenvalue weighted by molar-refractivity contribution is 0.279. The van der Waals surface area contributed by atoms with Gasteiger partial charge < -0.3 is 5.32 Å². The molecule has 4 heteroatoms. The topological polar surface area (TPSA) is 37.8 Å². The molecule has 1 fully saturated rings. The van der Waals surface area contributed by atoms with Crippen LogP contribution in [-0.4, -0.2) is 21.4 Å². The van der Waals surface area contributed by atoms with Crippen LogP contribution in [0.4, 0.5) is 5.82 Å². The molecule has 94 valence electrons. The molecule has 0 aliphatic heterocycles. The lowest BCUT2D eigenvalue weighted by atomic mass is 9.77. The molecule has 17 heavy (non-hydrogen) atoms. The first-order chi connectivity index (χ1) is 8.13. The minimum atomic E-state index is 0.0139. The summed E-state index contributed by atoms with van der Waals surface area (Å²) in [6, 6.07) is 1.98. The van der Waals surface area contributed by atoms with Gasteiger partial charge in [-0.1, -0.05) is 19.8 Å². The molecular formula is C13H20ClN3. The summed E-state index contributed by atoms with van der Waals surface area (Å²) in [6.07, 6.45) is 6.41. The Bertz CT molecular complexity index is 383. The Hall–Kier alpha value is -0.830. The van der Waals surface area contributed by atoms with Crippen LogP contribution < -0.4 is 5.32 Å². The number of rotatable bonds is 3. The maximum Gasteiger partial charge on any atom is 0.130 e. The molecule has 1 aliphatic carbocycles. The van der Waals surface area contributed by atoms with Crippen molar-refractivity contribution in [2.24, 2.45) is 5.92 Å². The molecule has 0 spiro atoms. The van der Waals surface area contributed by atoms with Crippen LogP contribution in [0.1, 0.15) is 38.3 Å². The zero-order chi connectivity index (χ0) is 12.3. The van der Waals surface area contributed by atoms with Gasteiger partial charge in [0.15, 0.2) is 0 Å². The first-order valence-corrected chi connectivity index (χ1v) is 6.80. The second kappa shape index (κ2) is 5.21. The van der Waals surface area contributed by atoms with E-state index in [1.54, 1.807) is 6.33 Å². The van der Waals surface area contributed by atoms with Crippen molar-refractivity contribution in [1.82, 2.24) is 9.97 Å². The number of aromatic nitrogens is 2. The first kappa shape index (κ1) is 12.6. The predicted octanol–water partition coefficient (Wildman–Crippen LogP) is 3.38.